The van der Waals surface area contributed by atoms with Crippen molar-refractivity contribution in [2.24, 2.45) is 0 Å². The molecule has 0 saturated carbocycles. The Labute approximate surface area is 157 Å². The van der Waals surface area contributed by atoms with Gasteiger partial charge in [0.15, 0.2) is 0 Å². The van der Waals surface area contributed by atoms with E-state index in [1.165, 1.54) is 17.5 Å². The van der Waals surface area contributed by atoms with E-state index in [1.807, 2.05) is 11.0 Å². The van der Waals surface area contributed by atoms with E-state index in [0.29, 0.717) is 19.5 Å². The van der Waals surface area contributed by atoms with Crippen molar-refractivity contribution in [1.29, 1.82) is 0 Å². The average Bonchev–Trinajstić information content (AvgIpc) is 3.33. The maximum absolute atomic E-state index is 12.8. The molecule has 0 spiro atoms. The molecule has 3 heterocycles. The summed E-state index contributed by atoms with van der Waals surface area (Å²) in [6, 6.07) is 6.20. The molecular formula is C21H22N4O2. The molecule has 2 aromatic heterocycles. The van der Waals surface area contributed by atoms with Gasteiger partial charge in [-0.3, -0.25) is 4.79 Å². The van der Waals surface area contributed by atoms with Crippen molar-refractivity contribution in [2.45, 2.75) is 25.7 Å². The predicted molar refractivity (Wildman–Crippen MR) is 103 cm³/mol. The van der Waals surface area contributed by atoms with Crippen molar-refractivity contribution in [2.75, 3.05) is 31.1 Å². The molecule has 1 saturated heterocycles. The molecule has 0 bridgehead atoms. The lowest BCUT2D eigenvalue weighted by Crippen LogP contribution is -2.49. The summed E-state index contributed by atoms with van der Waals surface area (Å²) in [5, 5.41) is 1.10. The number of aryl methyl sites for hydroxylation is 2. The fourth-order valence-electron chi connectivity index (χ4n) is 4.17. The van der Waals surface area contributed by atoms with Gasteiger partial charge in [0.1, 0.15) is 5.58 Å². The SMILES string of the molecule is O=C(Cc1coc2cc3c(cc12)CCC3)N1CCN(c2ncccn2)CC1. The molecule has 0 radical (unpaired) electrons. The van der Waals surface area contributed by atoms with Gasteiger partial charge in [-0.25, -0.2) is 9.97 Å². The summed E-state index contributed by atoms with van der Waals surface area (Å²) < 4.78 is 5.74. The zero-order valence-corrected chi connectivity index (χ0v) is 15.2. The van der Waals surface area contributed by atoms with E-state index < -0.39 is 0 Å². The molecule has 0 unspecified atom stereocenters. The molecule has 1 fully saturated rings. The molecule has 138 valence electrons. The van der Waals surface area contributed by atoms with E-state index in [1.54, 1.807) is 18.7 Å². The number of carbonyl (C=O) groups excluding carboxylic acids is 1. The molecule has 1 aliphatic heterocycles. The van der Waals surface area contributed by atoms with Crippen molar-refractivity contribution in [3.05, 3.63) is 53.5 Å². The third-order valence-corrected chi connectivity index (χ3v) is 5.68. The molecule has 1 aromatic carbocycles. The average molecular weight is 362 g/mol. The number of hydrogen-bond acceptors (Lipinski definition) is 5. The molecule has 6 nitrogen and oxygen atoms in total. The van der Waals surface area contributed by atoms with Crippen LogP contribution in [0.1, 0.15) is 23.1 Å². The molecule has 0 N–H and O–H groups in total. The van der Waals surface area contributed by atoms with Crippen LogP contribution in [0.5, 0.6) is 0 Å². The number of benzene rings is 1. The minimum Gasteiger partial charge on any atom is -0.464 e. The Balaban J connectivity index is 1.27. The van der Waals surface area contributed by atoms with Crippen LogP contribution >= 0.6 is 0 Å². The maximum atomic E-state index is 12.8. The van der Waals surface area contributed by atoms with Gasteiger partial charge in [0.25, 0.3) is 0 Å². The Hall–Kier alpha value is -2.89. The van der Waals surface area contributed by atoms with Crippen LogP contribution in [0.2, 0.25) is 0 Å². The lowest BCUT2D eigenvalue weighted by molar-refractivity contribution is -0.130. The summed E-state index contributed by atoms with van der Waals surface area (Å²) in [6.07, 6.45) is 9.13. The second-order valence-corrected chi connectivity index (χ2v) is 7.32. The van der Waals surface area contributed by atoms with Gasteiger partial charge < -0.3 is 14.2 Å². The van der Waals surface area contributed by atoms with Crippen LogP contribution in [0.4, 0.5) is 5.95 Å². The van der Waals surface area contributed by atoms with Gasteiger partial charge in [-0.2, -0.15) is 0 Å². The third-order valence-electron chi connectivity index (χ3n) is 5.68. The molecule has 2 aliphatic rings. The first-order valence-electron chi connectivity index (χ1n) is 9.59. The highest BCUT2D eigenvalue weighted by atomic mass is 16.3. The van der Waals surface area contributed by atoms with Crippen LogP contribution in [0.3, 0.4) is 0 Å². The first-order valence-corrected chi connectivity index (χ1v) is 9.59. The van der Waals surface area contributed by atoms with Gasteiger partial charge in [-0.1, -0.05) is 0 Å². The number of rotatable bonds is 3. The van der Waals surface area contributed by atoms with Crippen LogP contribution in [0, 0.1) is 0 Å². The van der Waals surface area contributed by atoms with Crippen LogP contribution in [-0.2, 0) is 24.1 Å². The first-order chi connectivity index (χ1) is 13.3. The summed E-state index contributed by atoms with van der Waals surface area (Å²) in [5.74, 6) is 0.895. The Bertz CT molecular complexity index is 975. The zero-order valence-electron chi connectivity index (χ0n) is 15.2. The highest BCUT2D eigenvalue weighted by Gasteiger charge is 2.24. The van der Waals surface area contributed by atoms with Crippen molar-refractivity contribution in [1.82, 2.24) is 14.9 Å². The van der Waals surface area contributed by atoms with Gasteiger partial charge in [-0.05, 0) is 48.6 Å². The number of carbonyl (C=O) groups is 1. The van der Waals surface area contributed by atoms with E-state index in [9.17, 15) is 4.79 Å². The van der Waals surface area contributed by atoms with Gasteiger partial charge in [-0.15, -0.1) is 0 Å². The molecule has 0 atom stereocenters. The maximum Gasteiger partial charge on any atom is 0.227 e. The number of hydrogen-bond donors (Lipinski definition) is 0. The number of amides is 1. The third kappa shape index (κ3) is 3.05. The minimum atomic E-state index is 0.159. The Morgan fingerprint density at radius 2 is 1.78 bits per heavy atom. The van der Waals surface area contributed by atoms with Crippen LogP contribution in [0.25, 0.3) is 11.0 Å². The molecule has 5 rings (SSSR count). The minimum absolute atomic E-state index is 0.159. The standard InChI is InChI=1S/C21H22N4O2/c26-20(24-7-9-25(10-8-24)21-22-5-2-6-23-21)13-17-14-27-19-12-16-4-1-3-15(16)11-18(17)19/h2,5-6,11-12,14H,1,3-4,7-10,13H2. The fraction of sp³-hybridized carbons (Fsp3) is 0.381. The Morgan fingerprint density at radius 1 is 1.04 bits per heavy atom. The quantitative estimate of drug-likeness (QED) is 0.717. The highest BCUT2D eigenvalue weighted by Crippen LogP contribution is 2.30. The first kappa shape index (κ1) is 16.3. The normalized spacial score (nSPS) is 16.7. The molecular weight excluding hydrogens is 340 g/mol. The number of nitrogens with zero attached hydrogens (tertiary/aromatic N) is 4. The van der Waals surface area contributed by atoms with Crippen LogP contribution in [-0.4, -0.2) is 47.0 Å². The summed E-state index contributed by atoms with van der Waals surface area (Å²) in [7, 11) is 0. The molecule has 6 heteroatoms. The van der Waals surface area contributed by atoms with E-state index in [-0.39, 0.29) is 5.91 Å². The smallest absolute Gasteiger partial charge is 0.227 e. The number of fused-ring (bicyclic) bond motifs is 2. The zero-order chi connectivity index (χ0) is 18.2. The topological polar surface area (TPSA) is 62.5 Å². The van der Waals surface area contributed by atoms with E-state index >= 15 is 0 Å². The molecule has 1 amide bonds. The van der Waals surface area contributed by atoms with E-state index in [4.69, 9.17) is 4.42 Å². The molecule has 27 heavy (non-hydrogen) atoms. The number of anilines is 1. The second kappa shape index (κ2) is 6.68. The van der Waals surface area contributed by atoms with Gasteiger partial charge >= 0.3 is 0 Å². The van der Waals surface area contributed by atoms with Gasteiger partial charge in [0.2, 0.25) is 11.9 Å². The van der Waals surface area contributed by atoms with Crippen molar-refractivity contribution in [3.63, 3.8) is 0 Å². The molecule has 3 aromatic rings. The Kier molecular flexibility index (Phi) is 4.03. The number of piperazine rings is 1. The van der Waals surface area contributed by atoms with E-state index in [0.717, 1.165) is 48.4 Å². The van der Waals surface area contributed by atoms with Crippen LogP contribution in [0.15, 0.2) is 41.3 Å². The predicted octanol–water partition coefficient (Wildman–Crippen LogP) is 2.60. The summed E-state index contributed by atoms with van der Waals surface area (Å²) in [4.78, 5) is 25.5. The highest BCUT2D eigenvalue weighted by molar-refractivity contribution is 5.88. The fourth-order valence-corrected chi connectivity index (χ4v) is 4.17. The summed E-state index contributed by atoms with van der Waals surface area (Å²) >= 11 is 0. The number of aromatic nitrogens is 2. The van der Waals surface area contributed by atoms with Crippen molar-refractivity contribution >= 4 is 22.8 Å². The van der Waals surface area contributed by atoms with Gasteiger partial charge in [0.05, 0.1) is 12.7 Å². The largest absolute Gasteiger partial charge is 0.464 e. The summed E-state index contributed by atoms with van der Waals surface area (Å²) in [5.41, 5.74) is 4.71. The van der Waals surface area contributed by atoms with E-state index in [2.05, 4.69) is 27.0 Å². The lowest BCUT2D eigenvalue weighted by Gasteiger charge is -2.34. The monoisotopic (exact) mass is 362 g/mol. The number of furan rings is 1. The van der Waals surface area contributed by atoms with Crippen molar-refractivity contribution in [3.8, 4) is 0 Å². The molecule has 1 aliphatic carbocycles. The van der Waals surface area contributed by atoms with Crippen molar-refractivity contribution < 1.29 is 9.21 Å². The van der Waals surface area contributed by atoms with Gasteiger partial charge in [0, 0.05) is 49.5 Å². The van der Waals surface area contributed by atoms with Crippen LogP contribution < -0.4 is 4.90 Å². The lowest BCUT2D eigenvalue weighted by atomic mass is 10.0. The second-order valence-electron chi connectivity index (χ2n) is 7.32. The summed E-state index contributed by atoms with van der Waals surface area (Å²) in [6.45, 7) is 2.91. The Morgan fingerprint density at radius 3 is 2.56 bits per heavy atom.